The van der Waals surface area contributed by atoms with Crippen molar-refractivity contribution in [2.45, 2.75) is 26.2 Å². The average Bonchev–Trinajstić information content (AvgIpc) is 2.21. The molecule has 3 nitrogen and oxygen atoms in total. The number of allylic oxidation sites excluding steroid dienone is 6. The van der Waals surface area contributed by atoms with Crippen molar-refractivity contribution in [3.8, 4) is 0 Å². The lowest BCUT2D eigenvalue weighted by molar-refractivity contribution is 0.954. The fourth-order valence-corrected chi connectivity index (χ4v) is 0.802. The van der Waals surface area contributed by atoms with Gasteiger partial charge in [-0.2, -0.15) is 5.53 Å². The summed E-state index contributed by atoms with van der Waals surface area (Å²) in [5.74, 6) is 0. The summed E-state index contributed by atoms with van der Waals surface area (Å²) in [7, 11) is 0. The number of unbranched alkanes of at least 4 members (excludes halogenated alkanes) is 1. The molecule has 0 atom stereocenters. The number of nitrogens with one attached hydrogen (secondary N) is 1. The second-order valence-corrected chi connectivity index (χ2v) is 2.67. The lowest BCUT2D eigenvalue weighted by atomic mass is 10.2. The van der Waals surface area contributed by atoms with Gasteiger partial charge in [0, 0.05) is 0 Å². The molecule has 0 bridgehead atoms. The van der Waals surface area contributed by atoms with Gasteiger partial charge in [0.05, 0.1) is 6.21 Å². The van der Waals surface area contributed by atoms with E-state index in [1.807, 2.05) is 12.2 Å². The molecule has 0 amide bonds. The molecule has 3 heteroatoms. The Bertz CT molecular complexity index is 237. The zero-order chi connectivity index (χ0) is 10.5. The molecular weight excluding hydrogens is 174 g/mol. The van der Waals surface area contributed by atoms with Gasteiger partial charge in [-0.1, -0.05) is 48.9 Å². The van der Waals surface area contributed by atoms with Gasteiger partial charge in [0.15, 0.2) is 0 Å². The van der Waals surface area contributed by atoms with Crippen LogP contribution in [0.5, 0.6) is 0 Å². The first-order valence-electron chi connectivity index (χ1n) is 4.78. The molecular formula is C11H17N3. The van der Waals surface area contributed by atoms with Crippen LogP contribution in [-0.4, -0.2) is 6.21 Å². The summed E-state index contributed by atoms with van der Waals surface area (Å²) in [5.41, 5.74) is 6.38. The highest BCUT2D eigenvalue weighted by Crippen LogP contribution is 1.92. The van der Waals surface area contributed by atoms with Crippen molar-refractivity contribution in [2.75, 3.05) is 0 Å². The molecule has 0 aromatic carbocycles. The largest absolute Gasteiger partial charge is 0.185 e. The zero-order valence-corrected chi connectivity index (χ0v) is 8.56. The van der Waals surface area contributed by atoms with Gasteiger partial charge in [-0.05, 0) is 18.9 Å². The highest BCUT2D eigenvalue weighted by atomic mass is 15.3. The minimum absolute atomic E-state index is 0.963. The van der Waals surface area contributed by atoms with Crippen LogP contribution in [0.3, 0.4) is 0 Å². The van der Waals surface area contributed by atoms with E-state index in [-0.39, 0.29) is 0 Å². The van der Waals surface area contributed by atoms with Crippen molar-refractivity contribution >= 4 is 6.21 Å². The van der Waals surface area contributed by atoms with E-state index in [0.29, 0.717) is 0 Å². The first-order valence-corrected chi connectivity index (χ1v) is 4.78. The van der Waals surface area contributed by atoms with Crippen LogP contribution in [0, 0.1) is 5.53 Å². The molecule has 0 aliphatic carbocycles. The molecule has 76 valence electrons. The maximum absolute atomic E-state index is 6.38. The molecule has 0 aromatic rings. The van der Waals surface area contributed by atoms with Crippen LogP contribution < -0.4 is 0 Å². The lowest BCUT2D eigenvalue weighted by Crippen LogP contribution is -1.63. The van der Waals surface area contributed by atoms with Crippen molar-refractivity contribution in [3.05, 3.63) is 36.5 Å². The third-order valence-corrected chi connectivity index (χ3v) is 1.46. The Balaban J connectivity index is 3.48. The van der Waals surface area contributed by atoms with Crippen molar-refractivity contribution in [3.63, 3.8) is 0 Å². The van der Waals surface area contributed by atoms with Gasteiger partial charge in [-0.25, -0.2) is 0 Å². The fraction of sp³-hybridized carbons (Fsp3) is 0.364. The quantitative estimate of drug-likeness (QED) is 0.209. The number of hydrogen-bond acceptors (Lipinski definition) is 2. The van der Waals surface area contributed by atoms with E-state index in [2.05, 4.69) is 35.5 Å². The maximum Gasteiger partial charge on any atom is 0.0513 e. The standard InChI is InChI=1S/C11H17N3/c1-2-3-4-5-6-7-8-9-10-11-13-14-12/h4-5,7-12H,2-3,6H2,1H3/b5-4?,8-7?,10-9?,13-11+,14-12?. The van der Waals surface area contributed by atoms with Crippen molar-refractivity contribution in [2.24, 2.45) is 10.3 Å². The van der Waals surface area contributed by atoms with E-state index < -0.39 is 0 Å². The van der Waals surface area contributed by atoms with Crippen LogP contribution in [0.1, 0.15) is 26.2 Å². The molecule has 0 aliphatic heterocycles. The van der Waals surface area contributed by atoms with E-state index in [1.165, 1.54) is 12.6 Å². The topological polar surface area (TPSA) is 48.6 Å². The van der Waals surface area contributed by atoms with Crippen LogP contribution >= 0.6 is 0 Å². The minimum Gasteiger partial charge on any atom is -0.185 e. The Morgan fingerprint density at radius 3 is 2.64 bits per heavy atom. The van der Waals surface area contributed by atoms with Crippen molar-refractivity contribution < 1.29 is 0 Å². The smallest absolute Gasteiger partial charge is 0.0513 e. The van der Waals surface area contributed by atoms with Gasteiger partial charge in [-0.3, -0.25) is 0 Å². The summed E-state index contributed by atoms with van der Waals surface area (Å²) in [4.78, 5) is 0. The molecule has 0 heterocycles. The molecule has 1 N–H and O–H groups in total. The number of rotatable bonds is 7. The minimum atomic E-state index is 0.963. The third-order valence-electron chi connectivity index (χ3n) is 1.46. The van der Waals surface area contributed by atoms with Crippen molar-refractivity contribution in [1.82, 2.24) is 0 Å². The Hall–Kier alpha value is -1.51. The van der Waals surface area contributed by atoms with E-state index >= 15 is 0 Å². The highest BCUT2D eigenvalue weighted by molar-refractivity contribution is 5.71. The summed E-state index contributed by atoms with van der Waals surface area (Å²) in [6.45, 7) is 2.17. The molecule has 14 heavy (non-hydrogen) atoms. The molecule has 0 radical (unpaired) electrons. The summed E-state index contributed by atoms with van der Waals surface area (Å²) >= 11 is 0. The summed E-state index contributed by atoms with van der Waals surface area (Å²) in [6, 6.07) is 0. The predicted molar refractivity (Wildman–Crippen MR) is 60.6 cm³/mol. The summed E-state index contributed by atoms with van der Waals surface area (Å²) in [6.07, 6.45) is 16.8. The van der Waals surface area contributed by atoms with Gasteiger partial charge in [0.1, 0.15) is 0 Å². The van der Waals surface area contributed by atoms with Gasteiger partial charge < -0.3 is 0 Å². The first kappa shape index (κ1) is 12.5. The molecule has 0 unspecified atom stereocenters. The molecule has 0 spiro atoms. The Kier molecular flexibility index (Phi) is 10.3. The van der Waals surface area contributed by atoms with E-state index in [1.54, 1.807) is 6.08 Å². The summed E-state index contributed by atoms with van der Waals surface area (Å²) < 4.78 is 0. The van der Waals surface area contributed by atoms with Gasteiger partial charge in [0.25, 0.3) is 0 Å². The van der Waals surface area contributed by atoms with E-state index in [9.17, 15) is 0 Å². The van der Waals surface area contributed by atoms with Crippen molar-refractivity contribution in [1.29, 1.82) is 5.53 Å². The summed E-state index contributed by atoms with van der Waals surface area (Å²) in [5, 5.41) is 6.20. The van der Waals surface area contributed by atoms with Gasteiger partial charge in [0.2, 0.25) is 0 Å². The monoisotopic (exact) mass is 191 g/mol. The van der Waals surface area contributed by atoms with Crippen LogP contribution in [0.2, 0.25) is 0 Å². The Morgan fingerprint density at radius 2 is 1.93 bits per heavy atom. The molecule has 0 aliphatic rings. The number of hydrogen-bond donors (Lipinski definition) is 1. The fourth-order valence-electron chi connectivity index (χ4n) is 0.802. The van der Waals surface area contributed by atoms with Gasteiger partial charge >= 0.3 is 0 Å². The Labute approximate surface area is 85.4 Å². The Morgan fingerprint density at radius 1 is 1.07 bits per heavy atom. The van der Waals surface area contributed by atoms with Gasteiger partial charge in [-0.15, -0.1) is 5.10 Å². The van der Waals surface area contributed by atoms with E-state index in [4.69, 9.17) is 5.53 Å². The van der Waals surface area contributed by atoms with Crippen LogP contribution in [-0.2, 0) is 0 Å². The first-order chi connectivity index (χ1) is 6.91. The lowest BCUT2D eigenvalue weighted by Gasteiger charge is -1.82. The molecule has 0 fully saturated rings. The van der Waals surface area contributed by atoms with Crippen LogP contribution in [0.25, 0.3) is 0 Å². The zero-order valence-electron chi connectivity index (χ0n) is 8.56. The molecule has 0 saturated heterocycles. The maximum atomic E-state index is 6.38. The SMILES string of the molecule is CCCC=CCC=CC=C/C=N/N=N. The molecule has 0 aromatic heterocycles. The third kappa shape index (κ3) is 10.5. The molecule has 0 saturated carbocycles. The second kappa shape index (κ2) is 11.5. The van der Waals surface area contributed by atoms with Crippen LogP contribution in [0.15, 0.2) is 46.8 Å². The number of nitrogens with zero attached hydrogens (tertiary/aromatic N) is 2. The van der Waals surface area contributed by atoms with E-state index in [0.717, 1.165) is 12.8 Å². The predicted octanol–water partition coefficient (Wildman–Crippen LogP) is 3.86. The normalized spacial score (nSPS) is 12.6. The molecule has 0 rings (SSSR count). The van der Waals surface area contributed by atoms with Crippen LogP contribution in [0.4, 0.5) is 0 Å². The second-order valence-electron chi connectivity index (χ2n) is 2.67. The average molecular weight is 191 g/mol. The highest BCUT2D eigenvalue weighted by Gasteiger charge is 1.71.